The van der Waals surface area contributed by atoms with Crippen LogP contribution < -0.4 is 10.6 Å². The summed E-state index contributed by atoms with van der Waals surface area (Å²) in [6, 6.07) is 4.66. The van der Waals surface area contributed by atoms with Gasteiger partial charge in [-0.1, -0.05) is 6.07 Å². The monoisotopic (exact) mass is 305 g/mol. The standard InChI is InChI=1S/C16H20FN3O2/c1-18-11-4-6-20(7-5-11)16(22)13-9-15(21)19-14-8-10(17)2-3-12(13)14/h2-3,8,11,13,18H,4-7,9H2,1H3,(H,19,21). The summed E-state index contributed by atoms with van der Waals surface area (Å²) in [5, 5.41) is 5.87. The molecule has 0 bridgehead atoms. The number of nitrogens with one attached hydrogen (secondary N) is 2. The van der Waals surface area contributed by atoms with Crippen molar-refractivity contribution in [3.05, 3.63) is 29.6 Å². The normalized spacial score (nSPS) is 22.2. The molecule has 22 heavy (non-hydrogen) atoms. The molecule has 1 aromatic rings. The summed E-state index contributed by atoms with van der Waals surface area (Å²) in [7, 11) is 1.93. The number of carbonyl (C=O) groups excluding carboxylic acids is 2. The number of nitrogens with zero attached hydrogens (tertiary/aromatic N) is 1. The summed E-state index contributed by atoms with van der Waals surface area (Å²) in [5.41, 5.74) is 1.13. The first kappa shape index (κ1) is 15.0. The quantitative estimate of drug-likeness (QED) is 0.869. The third-order valence-electron chi connectivity index (χ3n) is 4.57. The molecule has 1 atom stereocenters. The fraction of sp³-hybridized carbons (Fsp3) is 0.500. The molecule has 0 saturated carbocycles. The van der Waals surface area contributed by atoms with Gasteiger partial charge in [0.1, 0.15) is 5.82 Å². The van der Waals surface area contributed by atoms with E-state index < -0.39 is 11.7 Å². The van der Waals surface area contributed by atoms with E-state index in [1.165, 1.54) is 12.1 Å². The van der Waals surface area contributed by atoms with Crippen LogP contribution in [0, 0.1) is 5.82 Å². The number of fused-ring (bicyclic) bond motifs is 1. The number of halogens is 1. The molecule has 1 fully saturated rings. The van der Waals surface area contributed by atoms with Gasteiger partial charge in [-0.25, -0.2) is 4.39 Å². The molecule has 6 heteroatoms. The van der Waals surface area contributed by atoms with Crippen LogP contribution in [0.5, 0.6) is 0 Å². The smallest absolute Gasteiger partial charge is 0.230 e. The van der Waals surface area contributed by atoms with Crippen molar-refractivity contribution in [1.82, 2.24) is 10.2 Å². The van der Waals surface area contributed by atoms with Gasteiger partial charge >= 0.3 is 0 Å². The second-order valence-electron chi connectivity index (χ2n) is 5.92. The van der Waals surface area contributed by atoms with Gasteiger partial charge in [-0.3, -0.25) is 9.59 Å². The van der Waals surface area contributed by atoms with Crippen molar-refractivity contribution in [3.63, 3.8) is 0 Å². The zero-order chi connectivity index (χ0) is 15.7. The Morgan fingerprint density at radius 2 is 2.09 bits per heavy atom. The first-order valence-electron chi connectivity index (χ1n) is 7.64. The molecule has 1 aromatic carbocycles. The van der Waals surface area contributed by atoms with Crippen molar-refractivity contribution in [2.75, 3.05) is 25.5 Å². The maximum absolute atomic E-state index is 13.3. The molecule has 1 unspecified atom stereocenters. The number of piperidine rings is 1. The highest BCUT2D eigenvalue weighted by Gasteiger charge is 2.34. The first-order chi connectivity index (χ1) is 10.6. The van der Waals surface area contributed by atoms with E-state index in [9.17, 15) is 14.0 Å². The molecule has 2 aliphatic rings. The molecule has 2 amide bonds. The van der Waals surface area contributed by atoms with Crippen LogP contribution in [0.1, 0.15) is 30.7 Å². The van der Waals surface area contributed by atoms with E-state index in [4.69, 9.17) is 0 Å². The van der Waals surface area contributed by atoms with Crippen LogP contribution in [-0.2, 0) is 9.59 Å². The zero-order valence-electron chi connectivity index (χ0n) is 12.6. The van der Waals surface area contributed by atoms with Gasteiger partial charge in [0.2, 0.25) is 11.8 Å². The summed E-state index contributed by atoms with van der Waals surface area (Å²) < 4.78 is 13.3. The van der Waals surface area contributed by atoms with E-state index in [1.54, 1.807) is 6.07 Å². The molecule has 0 aliphatic carbocycles. The number of amides is 2. The van der Waals surface area contributed by atoms with Crippen molar-refractivity contribution in [2.45, 2.75) is 31.2 Å². The summed E-state index contributed by atoms with van der Waals surface area (Å²) in [6.07, 6.45) is 1.96. The third kappa shape index (κ3) is 2.83. The Bertz CT molecular complexity index is 597. The average Bonchev–Trinajstić information content (AvgIpc) is 2.53. The minimum absolute atomic E-state index is 0.0303. The number of hydrogen-bond donors (Lipinski definition) is 2. The molecule has 2 heterocycles. The lowest BCUT2D eigenvalue weighted by atomic mass is 9.88. The zero-order valence-corrected chi connectivity index (χ0v) is 12.6. The SMILES string of the molecule is CNC1CCN(C(=O)C2CC(=O)Nc3cc(F)ccc32)CC1. The topological polar surface area (TPSA) is 61.4 Å². The molecular weight excluding hydrogens is 285 g/mol. The van der Waals surface area contributed by atoms with Gasteiger partial charge in [0, 0.05) is 31.2 Å². The summed E-state index contributed by atoms with van der Waals surface area (Å²) in [4.78, 5) is 26.4. The average molecular weight is 305 g/mol. The highest BCUT2D eigenvalue weighted by Crippen LogP contribution is 2.34. The second kappa shape index (κ2) is 6.04. The molecule has 2 aliphatic heterocycles. The lowest BCUT2D eigenvalue weighted by molar-refractivity contribution is -0.136. The number of carbonyl (C=O) groups is 2. The first-order valence-corrected chi connectivity index (χ1v) is 7.64. The Hall–Kier alpha value is -1.95. The van der Waals surface area contributed by atoms with Gasteiger partial charge in [0.05, 0.1) is 5.92 Å². The predicted molar refractivity (Wildman–Crippen MR) is 81.0 cm³/mol. The van der Waals surface area contributed by atoms with Crippen LogP contribution in [-0.4, -0.2) is 42.9 Å². The molecule has 118 valence electrons. The van der Waals surface area contributed by atoms with Gasteiger partial charge in [-0.05, 0) is 37.6 Å². The van der Waals surface area contributed by atoms with E-state index in [1.807, 2.05) is 11.9 Å². The van der Waals surface area contributed by atoms with E-state index in [0.29, 0.717) is 30.4 Å². The Morgan fingerprint density at radius 1 is 1.36 bits per heavy atom. The van der Waals surface area contributed by atoms with Crippen molar-refractivity contribution in [1.29, 1.82) is 0 Å². The van der Waals surface area contributed by atoms with Crippen LogP contribution in [0.2, 0.25) is 0 Å². The minimum atomic E-state index is -0.504. The molecular formula is C16H20FN3O2. The molecule has 5 nitrogen and oxygen atoms in total. The van der Waals surface area contributed by atoms with Crippen LogP contribution in [0.4, 0.5) is 10.1 Å². The van der Waals surface area contributed by atoms with Crippen LogP contribution in [0.15, 0.2) is 18.2 Å². The molecule has 1 saturated heterocycles. The number of hydrogen-bond acceptors (Lipinski definition) is 3. The third-order valence-corrected chi connectivity index (χ3v) is 4.57. The fourth-order valence-electron chi connectivity index (χ4n) is 3.27. The lowest BCUT2D eigenvalue weighted by Gasteiger charge is -2.35. The predicted octanol–water partition coefficient (Wildman–Crippen LogP) is 1.46. The highest BCUT2D eigenvalue weighted by molar-refractivity contribution is 6.01. The number of benzene rings is 1. The van der Waals surface area contributed by atoms with Gasteiger partial charge in [-0.15, -0.1) is 0 Å². The van der Waals surface area contributed by atoms with Crippen molar-refractivity contribution in [3.8, 4) is 0 Å². The maximum Gasteiger partial charge on any atom is 0.230 e. The largest absolute Gasteiger partial charge is 0.342 e. The van der Waals surface area contributed by atoms with E-state index >= 15 is 0 Å². The van der Waals surface area contributed by atoms with Crippen molar-refractivity contribution >= 4 is 17.5 Å². The summed E-state index contributed by atoms with van der Waals surface area (Å²) in [5.74, 6) is -1.18. The molecule has 0 aromatic heterocycles. The minimum Gasteiger partial charge on any atom is -0.342 e. The molecule has 3 rings (SSSR count). The van der Waals surface area contributed by atoms with Crippen molar-refractivity contribution in [2.24, 2.45) is 0 Å². The summed E-state index contributed by atoms with van der Waals surface area (Å²) >= 11 is 0. The van der Waals surface area contributed by atoms with E-state index in [-0.39, 0.29) is 18.2 Å². The number of rotatable bonds is 2. The maximum atomic E-state index is 13.3. The van der Waals surface area contributed by atoms with Crippen molar-refractivity contribution < 1.29 is 14.0 Å². The molecule has 2 N–H and O–H groups in total. The van der Waals surface area contributed by atoms with Gasteiger partial charge in [-0.2, -0.15) is 0 Å². The van der Waals surface area contributed by atoms with Gasteiger partial charge in [0.15, 0.2) is 0 Å². The fourth-order valence-corrected chi connectivity index (χ4v) is 3.27. The van der Waals surface area contributed by atoms with Crippen LogP contribution >= 0.6 is 0 Å². The molecule has 0 spiro atoms. The van der Waals surface area contributed by atoms with Gasteiger partial charge < -0.3 is 15.5 Å². The number of likely N-dealkylation sites (tertiary alicyclic amines) is 1. The highest BCUT2D eigenvalue weighted by atomic mass is 19.1. The lowest BCUT2D eigenvalue weighted by Crippen LogP contribution is -2.46. The summed E-state index contributed by atoms with van der Waals surface area (Å²) in [6.45, 7) is 1.39. The Balaban J connectivity index is 1.80. The Morgan fingerprint density at radius 3 is 2.77 bits per heavy atom. The van der Waals surface area contributed by atoms with E-state index in [2.05, 4.69) is 10.6 Å². The molecule has 0 radical (unpaired) electrons. The second-order valence-corrected chi connectivity index (χ2v) is 5.92. The van der Waals surface area contributed by atoms with Gasteiger partial charge in [0.25, 0.3) is 0 Å². The Kier molecular flexibility index (Phi) is 4.11. The van der Waals surface area contributed by atoms with Crippen LogP contribution in [0.3, 0.4) is 0 Å². The van der Waals surface area contributed by atoms with Crippen LogP contribution in [0.25, 0.3) is 0 Å². The van der Waals surface area contributed by atoms with E-state index in [0.717, 1.165) is 12.8 Å². The Labute approximate surface area is 128 Å². The number of anilines is 1.